The molecule has 2 aromatic rings. The number of methoxy groups -OCH3 is 2. The molecule has 0 aliphatic carbocycles. The predicted molar refractivity (Wildman–Crippen MR) is 104 cm³/mol. The summed E-state index contributed by atoms with van der Waals surface area (Å²) in [7, 11) is 3.24. The lowest BCUT2D eigenvalue weighted by Crippen LogP contribution is -2.40. The van der Waals surface area contributed by atoms with Gasteiger partial charge in [-0.3, -0.25) is 9.69 Å². The molecule has 0 spiro atoms. The number of ether oxygens (including phenoxy) is 2. The second-order valence-electron chi connectivity index (χ2n) is 6.57. The summed E-state index contributed by atoms with van der Waals surface area (Å²) < 4.78 is 10.8. The van der Waals surface area contributed by atoms with Crippen molar-refractivity contribution in [2.24, 2.45) is 0 Å². The first-order valence-electron chi connectivity index (χ1n) is 8.49. The molecule has 1 amide bonds. The number of anilines is 1. The minimum absolute atomic E-state index is 0.0322. The van der Waals surface area contributed by atoms with Crippen LogP contribution in [0, 0.1) is 6.92 Å². The molecule has 2 heterocycles. The van der Waals surface area contributed by atoms with Crippen molar-refractivity contribution in [1.82, 2.24) is 4.90 Å². The summed E-state index contributed by atoms with van der Waals surface area (Å²) in [6, 6.07) is 11.5. The third-order valence-corrected chi connectivity index (χ3v) is 5.55. The van der Waals surface area contributed by atoms with Crippen LogP contribution in [-0.2, 0) is 17.8 Å². The Morgan fingerprint density at radius 2 is 1.73 bits per heavy atom. The third kappa shape index (κ3) is 2.44. The average Bonchev–Trinajstić information content (AvgIpc) is 2.89. The van der Waals surface area contributed by atoms with Gasteiger partial charge in [-0.2, -0.15) is 0 Å². The largest absolute Gasteiger partial charge is 0.493 e. The summed E-state index contributed by atoms with van der Waals surface area (Å²) in [5.41, 5.74) is 4.10. The minimum Gasteiger partial charge on any atom is -0.493 e. The van der Waals surface area contributed by atoms with Gasteiger partial charge in [-0.15, -0.1) is 0 Å². The summed E-state index contributed by atoms with van der Waals surface area (Å²) in [5, 5.41) is 0.565. The Morgan fingerprint density at radius 1 is 1.08 bits per heavy atom. The van der Waals surface area contributed by atoms with Gasteiger partial charge in [0, 0.05) is 13.0 Å². The number of para-hydroxylation sites is 1. The van der Waals surface area contributed by atoms with Gasteiger partial charge < -0.3 is 14.4 Å². The highest BCUT2D eigenvalue weighted by Gasteiger charge is 2.46. The van der Waals surface area contributed by atoms with Gasteiger partial charge in [-0.1, -0.05) is 18.2 Å². The number of hydrogen-bond donors (Lipinski definition) is 0. The van der Waals surface area contributed by atoms with Crippen molar-refractivity contribution >= 4 is 28.9 Å². The second-order valence-corrected chi connectivity index (χ2v) is 6.93. The van der Waals surface area contributed by atoms with Crippen LogP contribution >= 0.6 is 12.2 Å². The normalized spacial score (nSPS) is 18.7. The number of amides is 1. The van der Waals surface area contributed by atoms with E-state index in [0.29, 0.717) is 29.6 Å². The number of carbonyl (C=O) groups is 1. The molecule has 2 aliphatic heterocycles. The van der Waals surface area contributed by atoms with E-state index in [1.54, 1.807) is 19.1 Å². The summed E-state index contributed by atoms with van der Waals surface area (Å²) in [6.45, 7) is 2.58. The maximum atomic E-state index is 13.1. The van der Waals surface area contributed by atoms with Crippen molar-refractivity contribution in [3.63, 3.8) is 0 Å². The van der Waals surface area contributed by atoms with Gasteiger partial charge in [-0.25, -0.2) is 0 Å². The molecule has 26 heavy (non-hydrogen) atoms. The van der Waals surface area contributed by atoms with E-state index in [1.165, 1.54) is 0 Å². The fourth-order valence-corrected chi connectivity index (χ4v) is 4.12. The number of rotatable bonds is 3. The Labute approximate surface area is 158 Å². The van der Waals surface area contributed by atoms with Gasteiger partial charge in [0.05, 0.1) is 19.9 Å². The zero-order valence-electron chi connectivity index (χ0n) is 15.0. The lowest BCUT2D eigenvalue weighted by Gasteiger charge is -2.31. The van der Waals surface area contributed by atoms with Crippen LogP contribution in [0.5, 0.6) is 11.5 Å². The van der Waals surface area contributed by atoms with E-state index in [4.69, 9.17) is 21.7 Å². The Kier molecular flexibility index (Phi) is 4.07. The lowest BCUT2D eigenvalue weighted by molar-refractivity contribution is -0.120. The molecule has 0 radical (unpaired) electrons. The zero-order valence-corrected chi connectivity index (χ0v) is 15.8. The molecule has 0 unspecified atom stereocenters. The maximum Gasteiger partial charge on any atom is 0.256 e. The van der Waals surface area contributed by atoms with Crippen LogP contribution < -0.4 is 14.4 Å². The standard InChI is InChI=1S/C20H20N2O3S/c1-12-6-4-5-7-15(12)22-19(23)16-8-13-9-17(24-2)18(25-3)10-14(13)11-21(16)20(22)26/h4-7,9-10,16H,8,11H2,1-3H3/t16-/m0/s1. The van der Waals surface area contributed by atoms with Gasteiger partial charge in [0.2, 0.25) is 0 Å². The molecule has 2 aromatic carbocycles. The number of hydrogen-bond acceptors (Lipinski definition) is 4. The SMILES string of the molecule is COc1cc2c(cc1OC)CN1C(=S)N(c3ccccc3C)C(=O)[C@@H]1C2. The average molecular weight is 368 g/mol. The smallest absolute Gasteiger partial charge is 0.256 e. The Hall–Kier alpha value is -2.60. The number of nitrogens with zero attached hydrogens (tertiary/aromatic N) is 2. The fourth-order valence-electron chi connectivity index (χ4n) is 3.74. The lowest BCUT2D eigenvalue weighted by atomic mass is 9.94. The monoisotopic (exact) mass is 368 g/mol. The number of aryl methyl sites for hydroxylation is 1. The van der Waals surface area contributed by atoms with Gasteiger partial charge in [0.25, 0.3) is 5.91 Å². The highest BCUT2D eigenvalue weighted by molar-refractivity contribution is 7.80. The number of fused-ring (bicyclic) bond motifs is 2. The molecular formula is C20H20N2O3S. The first-order chi connectivity index (χ1) is 12.5. The quantitative estimate of drug-likeness (QED) is 0.779. The van der Waals surface area contributed by atoms with E-state index < -0.39 is 0 Å². The van der Waals surface area contributed by atoms with Crippen LogP contribution in [0.15, 0.2) is 36.4 Å². The fraction of sp³-hybridized carbons (Fsp3) is 0.300. The molecule has 1 saturated heterocycles. The molecule has 0 aromatic heterocycles. The van der Waals surface area contributed by atoms with E-state index in [-0.39, 0.29) is 11.9 Å². The van der Waals surface area contributed by atoms with E-state index >= 15 is 0 Å². The van der Waals surface area contributed by atoms with E-state index in [1.807, 2.05) is 48.2 Å². The summed E-state index contributed by atoms with van der Waals surface area (Å²) >= 11 is 5.67. The zero-order chi connectivity index (χ0) is 18.4. The number of thiocarbonyl (C=S) groups is 1. The van der Waals surface area contributed by atoms with E-state index in [0.717, 1.165) is 22.4 Å². The Bertz CT molecular complexity index is 861. The van der Waals surface area contributed by atoms with Crippen LogP contribution in [0.25, 0.3) is 0 Å². The second kappa shape index (κ2) is 6.29. The molecule has 2 aliphatic rings. The van der Waals surface area contributed by atoms with Gasteiger partial charge in [0.1, 0.15) is 6.04 Å². The van der Waals surface area contributed by atoms with Crippen LogP contribution in [0.3, 0.4) is 0 Å². The first-order valence-corrected chi connectivity index (χ1v) is 8.90. The summed E-state index contributed by atoms with van der Waals surface area (Å²) in [5.74, 6) is 1.41. The molecule has 4 rings (SSSR count). The number of carbonyl (C=O) groups excluding carboxylic acids is 1. The summed E-state index contributed by atoms with van der Waals surface area (Å²) in [6.07, 6.45) is 0.608. The van der Waals surface area contributed by atoms with Crippen molar-refractivity contribution < 1.29 is 14.3 Å². The van der Waals surface area contributed by atoms with Crippen molar-refractivity contribution in [3.8, 4) is 11.5 Å². The number of benzene rings is 2. The van der Waals surface area contributed by atoms with E-state index in [2.05, 4.69) is 0 Å². The molecule has 0 N–H and O–H groups in total. The molecule has 134 valence electrons. The molecule has 5 nitrogen and oxygen atoms in total. The van der Waals surface area contributed by atoms with Gasteiger partial charge in [0.15, 0.2) is 16.6 Å². The summed E-state index contributed by atoms with van der Waals surface area (Å²) in [4.78, 5) is 16.8. The predicted octanol–water partition coefficient (Wildman–Crippen LogP) is 3.07. The Morgan fingerprint density at radius 3 is 2.38 bits per heavy atom. The third-order valence-electron chi connectivity index (χ3n) is 5.13. The molecule has 1 atom stereocenters. The van der Waals surface area contributed by atoms with Crippen LogP contribution in [-0.4, -0.2) is 36.2 Å². The topological polar surface area (TPSA) is 42.0 Å². The van der Waals surface area contributed by atoms with Crippen LogP contribution in [0.2, 0.25) is 0 Å². The Balaban J connectivity index is 1.73. The van der Waals surface area contributed by atoms with Gasteiger partial charge in [-0.05, 0) is 54.0 Å². The van der Waals surface area contributed by atoms with Crippen LogP contribution in [0.4, 0.5) is 5.69 Å². The first kappa shape index (κ1) is 16.8. The van der Waals surface area contributed by atoms with Crippen molar-refractivity contribution in [3.05, 3.63) is 53.1 Å². The van der Waals surface area contributed by atoms with Crippen molar-refractivity contribution in [2.75, 3.05) is 19.1 Å². The minimum atomic E-state index is -0.271. The molecule has 1 fully saturated rings. The highest BCUT2D eigenvalue weighted by atomic mass is 32.1. The maximum absolute atomic E-state index is 13.1. The molecule has 0 bridgehead atoms. The molecule has 0 saturated carbocycles. The highest BCUT2D eigenvalue weighted by Crippen LogP contribution is 2.38. The van der Waals surface area contributed by atoms with Crippen LogP contribution in [0.1, 0.15) is 16.7 Å². The van der Waals surface area contributed by atoms with Gasteiger partial charge >= 0.3 is 0 Å². The van der Waals surface area contributed by atoms with Crippen molar-refractivity contribution in [1.29, 1.82) is 0 Å². The molecule has 6 heteroatoms. The molecular weight excluding hydrogens is 348 g/mol. The van der Waals surface area contributed by atoms with Crippen molar-refractivity contribution in [2.45, 2.75) is 25.9 Å². The van der Waals surface area contributed by atoms with E-state index in [9.17, 15) is 4.79 Å².